The highest BCUT2D eigenvalue weighted by atomic mass is 16.2. The van der Waals surface area contributed by atoms with Crippen molar-refractivity contribution in [1.29, 1.82) is 0 Å². The van der Waals surface area contributed by atoms with Crippen LogP contribution in [0.1, 0.15) is 6.92 Å². The molecule has 1 amide bonds. The van der Waals surface area contributed by atoms with E-state index in [-0.39, 0.29) is 5.91 Å². The van der Waals surface area contributed by atoms with Crippen molar-refractivity contribution in [1.82, 2.24) is 9.97 Å². The largest absolute Gasteiger partial charge is 0.397 e. The van der Waals surface area contributed by atoms with Gasteiger partial charge in [-0.2, -0.15) is 0 Å². The van der Waals surface area contributed by atoms with E-state index in [2.05, 4.69) is 15.4 Å². The molecule has 6 heteroatoms. The summed E-state index contributed by atoms with van der Waals surface area (Å²) in [7, 11) is 0. The lowest BCUT2D eigenvalue weighted by Crippen LogP contribution is -2.35. The lowest BCUT2D eigenvalue weighted by molar-refractivity contribution is -0.116. The van der Waals surface area contributed by atoms with Crippen LogP contribution in [-0.4, -0.2) is 15.9 Å². The fraction of sp³-hybridized carbons (Fsp3) is 0.0667. The maximum Gasteiger partial charge on any atom is 0.242 e. The van der Waals surface area contributed by atoms with Crippen molar-refractivity contribution in [3.8, 4) is 0 Å². The van der Waals surface area contributed by atoms with Crippen molar-refractivity contribution in [2.24, 2.45) is 0 Å². The Hall–Kier alpha value is -3.02. The first-order valence-electron chi connectivity index (χ1n) is 6.51. The van der Waals surface area contributed by atoms with Crippen LogP contribution in [-0.2, 0) is 4.79 Å². The monoisotopic (exact) mass is 281 g/mol. The van der Waals surface area contributed by atoms with E-state index in [0.29, 0.717) is 16.9 Å². The van der Waals surface area contributed by atoms with Crippen molar-refractivity contribution in [2.75, 3.05) is 16.2 Å². The van der Waals surface area contributed by atoms with E-state index in [0.717, 1.165) is 11.2 Å². The number of rotatable bonds is 3. The van der Waals surface area contributed by atoms with Gasteiger partial charge in [0.05, 0.1) is 23.2 Å². The van der Waals surface area contributed by atoms with Crippen LogP contribution in [0.4, 0.5) is 17.1 Å². The van der Waals surface area contributed by atoms with E-state index in [1.54, 1.807) is 12.4 Å². The number of nitrogens with one attached hydrogen (secondary N) is 2. The van der Waals surface area contributed by atoms with E-state index < -0.39 is 0 Å². The molecule has 0 saturated heterocycles. The van der Waals surface area contributed by atoms with Gasteiger partial charge in [-0.1, -0.05) is 18.2 Å². The number of para-hydroxylation sites is 1. The molecule has 0 aliphatic rings. The molecule has 4 N–H and O–H groups in total. The van der Waals surface area contributed by atoms with E-state index in [9.17, 15) is 4.79 Å². The molecule has 0 spiro atoms. The normalized spacial score (nSPS) is 10.5. The zero-order valence-electron chi connectivity index (χ0n) is 11.5. The average Bonchev–Trinajstić information content (AvgIpc) is 2.95. The number of fused-ring (bicyclic) bond motifs is 1. The molecule has 3 rings (SSSR count). The topological polar surface area (TPSA) is 87.0 Å². The molecule has 0 atom stereocenters. The third kappa shape index (κ3) is 2.38. The predicted molar refractivity (Wildman–Crippen MR) is 83.7 cm³/mol. The molecule has 6 nitrogen and oxygen atoms in total. The zero-order valence-corrected chi connectivity index (χ0v) is 11.5. The number of hydrazine groups is 1. The number of nitrogens with two attached hydrogens (primary N) is 1. The van der Waals surface area contributed by atoms with Gasteiger partial charge in [0.15, 0.2) is 0 Å². The van der Waals surface area contributed by atoms with Crippen LogP contribution >= 0.6 is 0 Å². The first-order valence-corrected chi connectivity index (χ1v) is 6.51. The molecule has 0 saturated carbocycles. The minimum Gasteiger partial charge on any atom is -0.397 e. The molecule has 0 aliphatic carbocycles. The van der Waals surface area contributed by atoms with Gasteiger partial charge >= 0.3 is 0 Å². The first-order chi connectivity index (χ1) is 10.2. The van der Waals surface area contributed by atoms with Crippen LogP contribution in [0.2, 0.25) is 0 Å². The van der Waals surface area contributed by atoms with E-state index >= 15 is 0 Å². The Morgan fingerprint density at radius 3 is 2.71 bits per heavy atom. The van der Waals surface area contributed by atoms with Crippen molar-refractivity contribution in [3.05, 3.63) is 48.8 Å². The number of anilines is 3. The lowest BCUT2D eigenvalue weighted by Gasteiger charge is -2.24. The SMILES string of the molecule is CC(=O)N(Nc1ccccc1)c1c(N)ccc2[nH]cnc12. The quantitative estimate of drug-likeness (QED) is 0.508. The summed E-state index contributed by atoms with van der Waals surface area (Å²) in [5, 5.41) is 1.41. The van der Waals surface area contributed by atoms with Gasteiger partial charge in [0.2, 0.25) is 5.91 Å². The van der Waals surface area contributed by atoms with Gasteiger partial charge in [-0.3, -0.25) is 10.2 Å². The second-order valence-corrected chi connectivity index (χ2v) is 4.63. The molecule has 0 fully saturated rings. The van der Waals surface area contributed by atoms with Crippen molar-refractivity contribution in [2.45, 2.75) is 6.92 Å². The number of hydrogen-bond acceptors (Lipinski definition) is 4. The van der Waals surface area contributed by atoms with Gasteiger partial charge < -0.3 is 10.7 Å². The highest BCUT2D eigenvalue weighted by Crippen LogP contribution is 2.31. The molecule has 0 aliphatic heterocycles. The van der Waals surface area contributed by atoms with E-state index in [1.165, 1.54) is 11.9 Å². The minimum atomic E-state index is -0.180. The molecule has 1 aromatic heterocycles. The summed E-state index contributed by atoms with van der Waals surface area (Å²) >= 11 is 0. The summed E-state index contributed by atoms with van der Waals surface area (Å²) in [6.45, 7) is 1.47. The van der Waals surface area contributed by atoms with Crippen LogP contribution in [0.5, 0.6) is 0 Å². The third-order valence-electron chi connectivity index (χ3n) is 3.15. The molecule has 3 aromatic rings. The smallest absolute Gasteiger partial charge is 0.242 e. The molecule has 1 heterocycles. The van der Waals surface area contributed by atoms with Gasteiger partial charge in [0.1, 0.15) is 11.2 Å². The second kappa shape index (κ2) is 5.16. The van der Waals surface area contributed by atoms with Gasteiger partial charge in [-0.25, -0.2) is 9.99 Å². The number of nitrogens with zero attached hydrogens (tertiary/aromatic N) is 2. The molecule has 2 aromatic carbocycles. The Morgan fingerprint density at radius 1 is 1.24 bits per heavy atom. The number of carbonyl (C=O) groups excluding carboxylic acids is 1. The summed E-state index contributed by atoms with van der Waals surface area (Å²) in [4.78, 5) is 19.3. The Morgan fingerprint density at radius 2 is 2.00 bits per heavy atom. The number of carbonyl (C=O) groups is 1. The van der Waals surface area contributed by atoms with E-state index in [1.807, 2.05) is 36.4 Å². The zero-order chi connectivity index (χ0) is 14.8. The standard InChI is InChI=1S/C15H15N5O/c1-10(21)20(19-11-5-3-2-4-6-11)15-12(16)7-8-13-14(15)18-9-17-13/h2-9,19H,16H2,1H3,(H,17,18). The molecular formula is C15H15N5O. The minimum absolute atomic E-state index is 0.180. The summed E-state index contributed by atoms with van der Waals surface area (Å²) < 4.78 is 0. The Labute approximate surface area is 121 Å². The van der Waals surface area contributed by atoms with Gasteiger partial charge in [0, 0.05) is 6.92 Å². The first kappa shape index (κ1) is 13.0. The van der Waals surface area contributed by atoms with Crippen LogP contribution in [0.25, 0.3) is 11.0 Å². The Kier molecular flexibility index (Phi) is 3.19. The summed E-state index contributed by atoms with van der Waals surface area (Å²) in [6.07, 6.45) is 1.58. The predicted octanol–water partition coefficient (Wildman–Crippen LogP) is 2.53. The molecule has 0 bridgehead atoms. The molecule has 0 radical (unpaired) electrons. The number of imidazole rings is 1. The summed E-state index contributed by atoms with van der Waals surface area (Å²) in [5.41, 5.74) is 12.4. The Bertz CT molecular complexity index is 781. The van der Waals surface area contributed by atoms with E-state index in [4.69, 9.17) is 5.73 Å². The highest BCUT2D eigenvalue weighted by Gasteiger charge is 2.19. The van der Waals surface area contributed by atoms with Crippen molar-refractivity contribution < 1.29 is 4.79 Å². The summed E-state index contributed by atoms with van der Waals surface area (Å²) in [6, 6.07) is 13.0. The highest BCUT2D eigenvalue weighted by molar-refractivity contribution is 6.06. The van der Waals surface area contributed by atoms with Gasteiger partial charge in [-0.15, -0.1) is 0 Å². The van der Waals surface area contributed by atoms with Crippen LogP contribution in [0, 0.1) is 0 Å². The van der Waals surface area contributed by atoms with Crippen molar-refractivity contribution in [3.63, 3.8) is 0 Å². The number of amides is 1. The lowest BCUT2D eigenvalue weighted by atomic mass is 10.2. The van der Waals surface area contributed by atoms with Crippen molar-refractivity contribution >= 4 is 34.0 Å². The average molecular weight is 281 g/mol. The van der Waals surface area contributed by atoms with Crippen LogP contribution in [0.3, 0.4) is 0 Å². The maximum absolute atomic E-state index is 12.0. The number of aromatic nitrogens is 2. The van der Waals surface area contributed by atoms with Gasteiger partial charge in [0.25, 0.3) is 0 Å². The van der Waals surface area contributed by atoms with Crippen LogP contribution in [0.15, 0.2) is 48.8 Å². The number of aromatic amines is 1. The number of H-pyrrole nitrogens is 1. The Balaban J connectivity index is 2.09. The molecule has 21 heavy (non-hydrogen) atoms. The maximum atomic E-state index is 12.0. The molecule has 106 valence electrons. The number of nitrogen functional groups attached to an aromatic ring is 1. The third-order valence-corrected chi connectivity index (χ3v) is 3.15. The van der Waals surface area contributed by atoms with Crippen LogP contribution < -0.4 is 16.2 Å². The van der Waals surface area contributed by atoms with Gasteiger partial charge in [-0.05, 0) is 24.3 Å². The fourth-order valence-corrected chi connectivity index (χ4v) is 2.18. The second-order valence-electron chi connectivity index (χ2n) is 4.63. The number of benzene rings is 2. The fourth-order valence-electron chi connectivity index (χ4n) is 2.18. The molecular weight excluding hydrogens is 266 g/mol. The molecule has 0 unspecified atom stereocenters. The summed E-state index contributed by atoms with van der Waals surface area (Å²) in [5.74, 6) is -0.180. The number of hydrogen-bond donors (Lipinski definition) is 3.